The molecule has 0 N–H and O–H groups in total. The zero-order chi connectivity index (χ0) is 14.1. The number of rotatable bonds is 2. The highest BCUT2D eigenvalue weighted by Gasteiger charge is 2.16. The fourth-order valence-corrected chi connectivity index (χ4v) is 3.11. The summed E-state index contributed by atoms with van der Waals surface area (Å²) in [5.41, 5.74) is 6.20. The van der Waals surface area contributed by atoms with Gasteiger partial charge in [0.05, 0.1) is 5.69 Å². The molecule has 0 radical (unpaired) electrons. The van der Waals surface area contributed by atoms with Gasteiger partial charge in [-0.2, -0.15) is 0 Å². The molecular weight excluding hydrogens is 256 g/mol. The molecule has 2 heteroatoms. The average Bonchev–Trinajstić information content (AvgIpc) is 2.93. The minimum Gasteiger partial charge on any atom is -0.303 e. The quantitative estimate of drug-likeness (QED) is 0.677. The molecule has 0 atom stereocenters. The molecule has 0 unspecified atom stereocenters. The molecule has 21 heavy (non-hydrogen) atoms. The van der Waals surface area contributed by atoms with Gasteiger partial charge in [0.25, 0.3) is 0 Å². The van der Waals surface area contributed by atoms with Crippen LogP contribution in [-0.2, 0) is 12.8 Å². The fraction of sp³-hybridized carbons (Fsp3) is 0.211. The Bertz CT molecular complexity index is 797. The van der Waals surface area contributed by atoms with Crippen molar-refractivity contribution in [1.29, 1.82) is 0 Å². The normalized spacial score (nSPS) is 14.7. The number of aryl methyl sites for hydroxylation is 2. The number of nitrogens with zero attached hydrogens (tertiary/aromatic N) is 2. The molecule has 3 aromatic rings. The van der Waals surface area contributed by atoms with Crippen LogP contribution in [0.5, 0.6) is 0 Å². The Morgan fingerprint density at radius 3 is 2.67 bits per heavy atom. The lowest BCUT2D eigenvalue weighted by Crippen LogP contribution is -2.03. The standard InChI is InChI=1S/C19H18N2/c1-2-7-15(8-3-1)12-13-16-9-6-14-21-18-11-5-4-10-17(18)20-19(16)21/h1-3,6-9,12-14H,4-5,10-11H2/b13-12-. The number of imidazole rings is 1. The Balaban J connectivity index is 1.79. The summed E-state index contributed by atoms with van der Waals surface area (Å²) in [7, 11) is 0. The summed E-state index contributed by atoms with van der Waals surface area (Å²) in [5, 5.41) is 0. The molecule has 0 fully saturated rings. The minimum atomic E-state index is 1.09. The van der Waals surface area contributed by atoms with Crippen LogP contribution >= 0.6 is 0 Å². The van der Waals surface area contributed by atoms with E-state index in [1.54, 1.807) is 0 Å². The first-order chi connectivity index (χ1) is 10.4. The number of aromatic nitrogens is 2. The summed E-state index contributed by atoms with van der Waals surface area (Å²) >= 11 is 0. The lowest BCUT2D eigenvalue weighted by Gasteiger charge is -2.09. The largest absolute Gasteiger partial charge is 0.303 e. The van der Waals surface area contributed by atoms with E-state index in [4.69, 9.17) is 4.98 Å². The maximum absolute atomic E-state index is 4.88. The van der Waals surface area contributed by atoms with Crippen molar-refractivity contribution in [1.82, 2.24) is 9.38 Å². The Morgan fingerprint density at radius 2 is 1.76 bits per heavy atom. The highest BCUT2D eigenvalue weighted by atomic mass is 15.0. The van der Waals surface area contributed by atoms with Gasteiger partial charge in [-0.15, -0.1) is 0 Å². The minimum absolute atomic E-state index is 1.09. The van der Waals surface area contributed by atoms with E-state index < -0.39 is 0 Å². The summed E-state index contributed by atoms with van der Waals surface area (Å²) < 4.78 is 2.28. The topological polar surface area (TPSA) is 17.3 Å². The monoisotopic (exact) mass is 274 g/mol. The maximum Gasteiger partial charge on any atom is 0.144 e. The molecule has 0 spiro atoms. The van der Waals surface area contributed by atoms with Crippen molar-refractivity contribution in [3.63, 3.8) is 0 Å². The number of benzene rings is 1. The van der Waals surface area contributed by atoms with Crippen LogP contribution in [0.15, 0.2) is 48.7 Å². The van der Waals surface area contributed by atoms with Crippen molar-refractivity contribution < 1.29 is 0 Å². The Morgan fingerprint density at radius 1 is 0.905 bits per heavy atom. The molecule has 1 aliphatic carbocycles. The summed E-state index contributed by atoms with van der Waals surface area (Å²) in [6, 6.07) is 14.7. The van der Waals surface area contributed by atoms with Crippen LogP contribution in [0.1, 0.15) is 35.4 Å². The Kier molecular flexibility index (Phi) is 3.07. The number of hydrogen-bond acceptors (Lipinski definition) is 1. The van der Waals surface area contributed by atoms with E-state index in [1.807, 2.05) is 6.07 Å². The van der Waals surface area contributed by atoms with E-state index >= 15 is 0 Å². The summed E-state index contributed by atoms with van der Waals surface area (Å²) in [4.78, 5) is 4.88. The van der Waals surface area contributed by atoms with E-state index in [-0.39, 0.29) is 0 Å². The Labute approximate surface area is 124 Å². The van der Waals surface area contributed by atoms with Gasteiger partial charge in [-0.05, 0) is 43.4 Å². The van der Waals surface area contributed by atoms with Crippen LogP contribution in [0.4, 0.5) is 0 Å². The summed E-state index contributed by atoms with van der Waals surface area (Å²) in [6.07, 6.45) is 11.3. The first-order valence-corrected chi connectivity index (χ1v) is 7.64. The summed E-state index contributed by atoms with van der Waals surface area (Å²) in [6.45, 7) is 0. The molecule has 1 aliphatic rings. The van der Waals surface area contributed by atoms with Gasteiger partial charge in [0.15, 0.2) is 0 Å². The predicted molar refractivity (Wildman–Crippen MR) is 87.2 cm³/mol. The van der Waals surface area contributed by atoms with Crippen molar-refractivity contribution in [2.75, 3.05) is 0 Å². The van der Waals surface area contributed by atoms with Crippen molar-refractivity contribution >= 4 is 17.8 Å². The van der Waals surface area contributed by atoms with Gasteiger partial charge in [0.1, 0.15) is 5.65 Å². The predicted octanol–water partition coefficient (Wildman–Crippen LogP) is 4.38. The van der Waals surface area contributed by atoms with E-state index in [2.05, 4.69) is 59.1 Å². The summed E-state index contributed by atoms with van der Waals surface area (Å²) in [5.74, 6) is 0. The molecule has 0 aliphatic heterocycles. The van der Waals surface area contributed by atoms with Gasteiger partial charge in [0, 0.05) is 17.5 Å². The van der Waals surface area contributed by atoms with E-state index in [0.717, 1.165) is 18.5 Å². The van der Waals surface area contributed by atoms with Gasteiger partial charge >= 0.3 is 0 Å². The number of hydrogen-bond donors (Lipinski definition) is 0. The van der Waals surface area contributed by atoms with Gasteiger partial charge in [-0.3, -0.25) is 0 Å². The molecule has 0 amide bonds. The molecule has 0 saturated carbocycles. The van der Waals surface area contributed by atoms with E-state index in [1.165, 1.54) is 35.4 Å². The number of fused-ring (bicyclic) bond motifs is 3. The third-order valence-electron chi connectivity index (χ3n) is 4.19. The molecule has 2 heterocycles. The first kappa shape index (κ1) is 12.4. The van der Waals surface area contributed by atoms with E-state index in [9.17, 15) is 0 Å². The maximum atomic E-state index is 4.88. The number of pyridine rings is 1. The van der Waals surface area contributed by atoms with Crippen molar-refractivity contribution in [3.8, 4) is 0 Å². The smallest absolute Gasteiger partial charge is 0.144 e. The van der Waals surface area contributed by atoms with Gasteiger partial charge in [-0.25, -0.2) is 4.98 Å². The zero-order valence-electron chi connectivity index (χ0n) is 12.0. The zero-order valence-corrected chi connectivity index (χ0v) is 12.0. The third kappa shape index (κ3) is 2.27. The molecule has 4 rings (SSSR count). The van der Waals surface area contributed by atoms with Crippen LogP contribution in [0.25, 0.3) is 17.8 Å². The fourth-order valence-electron chi connectivity index (χ4n) is 3.11. The van der Waals surface area contributed by atoms with Crippen LogP contribution < -0.4 is 0 Å². The molecule has 1 aromatic carbocycles. The van der Waals surface area contributed by atoms with Crippen molar-refractivity contribution in [3.05, 3.63) is 71.2 Å². The molecule has 104 valence electrons. The second kappa shape index (κ2) is 5.21. The van der Waals surface area contributed by atoms with Crippen molar-refractivity contribution in [2.24, 2.45) is 0 Å². The molecule has 2 aromatic heterocycles. The SMILES string of the molecule is C(=C/c1cccn2c3c(nc12)CCCC3)/c1ccccc1. The van der Waals surface area contributed by atoms with Crippen LogP contribution in [0, 0.1) is 0 Å². The van der Waals surface area contributed by atoms with E-state index in [0.29, 0.717) is 0 Å². The first-order valence-electron chi connectivity index (χ1n) is 7.64. The van der Waals surface area contributed by atoms with Gasteiger partial charge in [-0.1, -0.05) is 42.5 Å². The lowest BCUT2D eigenvalue weighted by atomic mass is 10.0. The second-order valence-corrected chi connectivity index (χ2v) is 5.61. The molecule has 2 nitrogen and oxygen atoms in total. The molecule has 0 saturated heterocycles. The van der Waals surface area contributed by atoms with Crippen LogP contribution in [0.2, 0.25) is 0 Å². The van der Waals surface area contributed by atoms with Gasteiger partial charge in [0.2, 0.25) is 0 Å². The Hall–Kier alpha value is -2.35. The second-order valence-electron chi connectivity index (χ2n) is 5.61. The van der Waals surface area contributed by atoms with Crippen LogP contribution in [0.3, 0.4) is 0 Å². The average molecular weight is 274 g/mol. The van der Waals surface area contributed by atoms with Crippen LogP contribution in [-0.4, -0.2) is 9.38 Å². The van der Waals surface area contributed by atoms with Crippen molar-refractivity contribution in [2.45, 2.75) is 25.7 Å². The highest BCUT2D eigenvalue weighted by Crippen LogP contribution is 2.24. The van der Waals surface area contributed by atoms with Gasteiger partial charge < -0.3 is 4.40 Å². The molecule has 0 bridgehead atoms. The lowest BCUT2D eigenvalue weighted by molar-refractivity contribution is 0.660. The third-order valence-corrected chi connectivity index (χ3v) is 4.19. The molecular formula is C19H18N2. The highest BCUT2D eigenvalue weighted by molar-refractivity contribution is 5.76.